The molecule has 1 aromatic carbocycles. The van der Waals surface area contributed by atoms with Gasteiger partial charge in [-0.05, 0) is 37.5 Å². The average molecular weight is 454 g/mol. The third-order valence-electron chi connectivity index (χ3n) is 5.04. The van der Waals surface area contributed by atoms with E-state index in [0.717, 1.165) is 32.9 Å². The predicted octanol–water partition coefficient (Wildman–Crippen LogP) is 3.98. The second-order valence-electron chi connectivity index (χ2n) is 7.08. The van der Waals surface area contributed by atoms with Crippen molar-refractivity contribution in [3.05, 3.63) is 56.4 Å². The number of fused-ring (bicyclic) bond motifs is 1. The monoisotopic (exact) mass is 453 g/mol. The fraction of sp³-hybridized carbons (Fsp3) is 0.286. The van der Waals surface area contributed by atoms with Crippen molar-refractivity contribution in [3.63, 3.8) is 0 Å². The number of nitrogens with zero attached hydrogens (tertiary/aromatic N) is 5. The second-order valence-corrected chi connectivity index (χ2v) is 9.23. The summed E-state index contributed by atoms with van der Waals surface area (Å²) in [6.07, 6.45) is 0.885. The molecule has 0 fully saturated rings. The minimum atomic E-state index is -0.0389. The van der Waals surface area contributed by atoms with E-state index in [0.29, 0.717) is 28.1 Å². The largest absolute Gasteiger partial charge is 0.368 e. The number of benzene rings is 1. The van der Waals surface area contributed by atoms with E-state index in [-0.39, 0.29) is 11.5 Å². The van der Waals surface area contributed by atoms with Crippen LogP contribution in [0.4, 0.5) is 17.6 Å². The van der Waals surface area contributed by atoms with Gasteiger partial charge in [0, 0.05) is 17.6 Å². The molecule has 0 unspecified atom stereocenters. The van der Waals surface area contributed by atoms with Crippen LogP contribution in [0.1, 0.15) is 28.8 Å². The Balaban J connectivity index is 1.59. The molecule has 4 aromatic rings. The van der Waals surface area contributed by atoms with Gasteiger partial charge in [0.15, 0.2) is 5.16 Å². The quantitative estimate of drug-likeness (QED) is 0.333. The van der Waals surface area contributed by atoms with Crippen LogP contribution in [0, 0.1) is 13.8 Å². The number of nitrogens with one attached hydrogen (secondary N) is 1. The van der Waals surface area contributed by atoms with E-state index in [2.05, 4.69) is 33.3 Å². The van der Waals surface area contributed by atoms with Crippen molar-refractivity contribution in [1.29, 1.82) is 0 Å². The number of thiophene rings is 1. The molecule has 3 heterocycles. The fourth-order valence-electron chi connectivity index (χ4n) is 3.24. The zero-order valence-corrected chi connectivity index (χ0v) is 19.4. The Kier molecular flexibility index (Phi) is 5.92. The summed E-state index contributed by atoms with van der Waals surface area (Å²) in [6.45, 7) is 6.06. The molecule has 3 N–H and O–H groups in total. The number of aromatic nitrogens is 5. The highest BCUT2D eigenvalue weighted by Gasteiger charge is 2.16. The molecule has 8 nitrogen and oxygen atoms in total. The lowest BCUT2D eigenvalue weighted by molar-refractivity contribution is 0.727. The molecule has 10 heteroatoms. The van der Waals surface area contributed by atoms with Gasteiger partial charge >= 0.3 is 0 Å². The smallest absolute Gasteiger partial charge is 0.262 e. The molecule has 0 aliphatic heterocycles. The molecule has 3 aromatic heterocycles. The van der Waals surface area contributed by atoms with E-state index in [1.807, 2.05) is 32.0 Å². The lowest BCUT2D eigenvalue weighted by atomic mass is 10.1. The first-order valence-electron chi connectivity index (χ1n) is 9.82. The number of hydrogen-bond donors (Lipinski definition) is 2. The van der Waals surface area contributed by atoms with Crippen molar-refractivity contribution < 1.29 is 0 Å². The summed E-state index contributed by atoms with van der Waals surface area (Å²) in [5.74, 6) is 1.46. The third-order valence-corrected chi connectivity index (χ3v) is 7.17. The molecular weight excluding hydrogens is 430 g/mol. The molecule has 0 saturated heterocycles. The molecular formula is C21H23N7OS2. The van der Waals surface area contributed by atoms with Gasteiger partial charge in [-0.1, -0.05) is 36.9 Å². The van der Waals surface area contributed by atoms with Crippen LogP contribution in [0.2, 0.25) is 0 Å². The van der Waals surface area contributed by atoms with Crippen LogP contribution in [0.25, 0.3) is 10.2 Å². The van der Waals surface area contributed by atoms with Gasteiger partial charge in [0.1, 0.15) is 10.7 Å². The molecule has 0 saturated carbocycles. The van der Waals surface area contributed by atoms with E-state index in [1.54, 1.807) is 11.6 Å². The van der Waals surface area contributed by atoms with Crippen LogP contribution >= 0.6 is 23.1 Å². The lowest BCUT2D eigenvalue weighted by Crippen LogP contribution is -2.20. The maximum Gasteiger partial charge on any atom is 0.262 e. The zero-order valence-electron chi connectivity index (χ0n) is 17.8. The molecule has 4 rings (SSSR count). The minimum Gasteiger partial charge on any atom is -0.368 e. The highest BCUT2D eigenvalue weighted by atomic mass is 32.2. The Morgan fingerprint density at radius 3 is 2.71 bits per heavy atom. The normalized spacial score (nSPS) is 11.2. The van der Waals surface area contributed by atoms with Crippen molar-refractivity contribution in [1.82, 2.24) is 24.5 Å². The third kappa shape index (κ3) is 4.26. The van der Waals surface area contributed by atoms with Crippen molar-refractivity contribution in [3.8, 4) is 0 Å². The number of para-hydroxylation sites is 1. The lowest BCUT2D eigenvalue weighted by Gasteiger charge is -2.11. The van der Waals surface area contributed by atoms with Crippen LogP contribution in [0.5, 0.6) is 0 Å². The average Bonchev–Trinajstić information content (AvgIpc) is 3.03. The Morgan fingerprint density at radius 2 is 1.94 bits per heavy atom. The summed E-state index contributed by atoms with van der Waals surface area (Å²) in [4.78, 5) is 32.3. The van der Waals surface area contributed by atoms with Crippen LogP contribution in [0.3, 0.4) is 0 Å². The van der Waals surface area contributed by atoms with E-state index in [4.69, 9.17) is 10.7 Å². The molecule has 31 heavy (non-hydrogen) atoms. The van der Waals surface area contributed by atoms with Crippen molar-refractivity contribution in [2.24, 2.45) is 7.05 Å². The van der Waals surface area contributed by atoms with Crippen molar-refractivity contribution in [2.75, 3.05) is 11.1 Å². The number of anilines is 3. The maximum atomic E-state index is 12.8. The molecule has 0 aliphatic rings. The summed E-state index contributed by atoms with van der Waals surface area (Å²) in [7, 11) is 1.74. The van der Waals surface area contributed by atoms with Crippen molar-refractivity contribution >= 4 is 50.9 Å². The van der Waals surface area contributed by atoms with Crippen LogP contribution in [0.15, 0.2) is 34.2 Å². The molecule has 0 aliphatic carbocycles. The number of nitrogen functional groups attached to an aromatic ring is 1. The first kappa shape index (κ1) is 21.3. The van der Waals surface area contributed by atoms with Crippen LogP contribution in [-0.2, 0) is 19.2 Å². The SMILES string of the molecule is CCc1ccccc1Nc1nc(N)nc(CSc2nc3sc(C)c(C)c3c(=O)n2C)n1. The summed E-state index contributed by atoms with van der Waals surface area (Å²) in [5.41, 5.74) is 8.97. The Hall–Kier alpha value is -2.98. The second kappa shape index (κ2) is 8.64. The molecule has 0 atom stereocenters. The fourth-order valence-corrected chi connectivity index (χ4v) is 5.14. The van der Waals surface area contributed by atoms with Gasteiger partial charge < -0.3 is 11.1 Å². The molecule has 0 bridgehead atoms. The summed E-state index contributed by atoms with van der Waals surface area (Å²) in [6, 6.07) is 7.99. The molecule has 160 valence electrons. The van der Waals surface area contributed by atoms with E-state index < -0.39 is 0 Å². The Morgan fingerprint density at radius 1 is 1.16 bits per heavy atom. The topological polar surface area (TPSA) is 112 Å². The maximum absolute atomic E-state index is 12.8. The molecule has 0 spiro atoms. The van der Waals surface area contributed by atoms with E-state index in [1.165, 1.54) is 23.1 Å². The van der Waals surface area contributed by atoms with Gasteiger partial charge in [0.2, 0.25) is 11.9 Å². The summed E-state index contributed by atoms with van der Waals surface area (Å²) in [5, 5.41) is 4.54. The number of aryl methyl sites for hydroxylation is 3. The highest BCUT2D eigenvalue weighted by molar-refractivity contribution is 7.98. The van der Waals surface area contributed by atoms with Crippen LogP contribution < -0.4 is 16.6 Å². The number of thioether (sulfide) groups is 1. The zero-order chi connectivity index (χ0) is 22.1. The standard InChI is InChI=1S/C21H23N7OS2/c1-5-13-8-6-7-9-14(13)23-20-25-15(24-19(22)27-20)10-30-21-26-17-16(18(29)28(21)4)11(2)12(3)31-17/h6-9H,5,10H2,1-4H3,(H3,22,23,24,25,27). The van der Waals surface area contributed by atoms with Gasteiger partial charge in [-0.15, -0.1) is 11.3 Å². The molecule has 0 amide bonds. The van der Waals surface area contributed by atoms with Crippen molar-refractivity contribution in [2.45, 2.75) is 38.1 Å². The number of hydrogen-bond acceptors (Lipinski definition) is 9. The summed E-state index contributed by atoms with van der Waals surface area (Å²) < 4.78 is 1.58. The van der Waals surface area contributed by atoms with E-state index >= 15 is 0 Å². The van der Waals surface area contributed by atoms with Gasteiger partial charge in [0.25, 0.3) is 5.56 Å². The first-order chi connectivity index (χ1) is 14.9. The highest BCUT2D eigenvalue weighted by Crippen LogP contribution is 2.29. The van der Waals surface area contributed by atoms with Crippen LogP contribution in [-0.4, -0.2) is 24.5 Å². The Bertz CT molecular complexity index is 1330. The summed E-state index contributed by atoms with van der Waals surface area (Å²) >= 11 is 2.94. The predicted molar refractivity (Wildman–Crippen MR) is 127 cm³/mol. The number of nitrogens with two attached hydrogens (primary N) is 1. The van der Waals surface area contributed by atoms with Gasteiger partial charge in [0.05, 0.1) is 11.1 Å². The molecule has 0 radical (unpaired) electrons. The van der Waals surface area contributed by atoms with Gasteiger partial charge in [-0.3, -0.25) is 9.36 Å². The Labute approximate surface area is 188 Å². The number of rotatable bonds is 6. The van der Waals surface area contributed by atoms with E-state index in [9.17, 15) is 4.79 Å². The first-order valence-corrected chi connectivity index (χ1v) is 11.6. The van der Waals surface area contributed by atoms with Gasteiger partial charge in [-0.25, -0.2) is 4.98 Å². The van der Waals surface area contributed by atoms with Gasteiger partial charge in [-0.2, -0.15) is 15.0 Å². The minimum absolute atomic E-state index is 0.0389.